The van der Waals surface area contributed by atoms with E-state index in [0.717, 1.165) is 5.56 Å². The SMILES string of the molecule is COC(=O)c1ncn(-c2cc3c(cc2N)CCC(=O)N3)n1. The number of fused-ring (bicyclic) bond motifs is 1. The first-order valence-corrected chi connectivity index (χ1v) is 6.31. The van der Waals surface area contributed by atoms with Crippen molar-refractivity contribution in [3.8, 4) is 5.69 Å². The predicted octanol–water partition coefficient (Wildman–Crippen LogP) is 0.521. The molecule has 3 N–H and O–H groups in total. The number of benzene rings is 1. The number of esters is 1. The summed E-state index contributed by atoms with van der Waals surface area (Å²) in [4.78, 5) is 26.7. The van der Waals surface area contributed by atoms with Crippen LogP contribution in [-0.2, 0) is 16.0 Å². The van der Waals surface area contributed by atoms with Gasteiger partial charge in [0.05, 0.1) is 18.5 Å². The number of ether oxygens (including phenoxy) is 1. The van der Waals surface area contributed by atoms with Crippen LogP contribution in [0.25, 0.3) is 5.69 Å². The van der Waals surface area contributed by atoms with Crippen LogP contribution in [0.5, 0.6) is 0 Å². The molecule has 1 amide bonds. The minimum Gasteiger partial charge on any atom is -0.463 e. The lowest BCUT2D eigenvalue weighted by atomic mass is 10.0. The van der Waals surface area contributed by atoms with Crippen LogP contribution < -0.4 is 11.1 Å². The molecule has 0 saturated heterocycles. The molecular formula is C13H13N5O3. The van der Waals surface area contributed by atoms with E-state index in [1.165, 1.54) is 18.1 Å². The molecule has 3 rings (SSSR count). The number of amides is 1. The van der Waals surface area contributed by atoms with Crippen LogP contribution in [0.4, 0.5) is 11.4 Å². The highest BCUT2D eigenvalue weighted by Gasteiger charge is 2.19. The van der Waals surface area contributed by atoms with Gasteiger partial charge < -0.3 is 15.8 Å². The Kier molecular flexibility index (Phi) is 3.05. The number of carbonyl (C=O) groups excluding carboxylic acids is 2. The fourth-order valence-corrected chi connectivity index (χ4v) is 2.20. The smallest absolute Gasteiger partial charge is 0.377 e. The van der Waals surface area contributed by atoms with Gasteiger partial charge >= 0.3 is 5.97 Å². The van der Waals surface area contributed by atoms with Gasteiger partial charge in [0.25, 0.3) is 5.82 Å². The Balaban J connectivity index is 2.02. The maximum Gasteiger partial charge on any atom is 0.377 e. The Morgan fingerprint density at radius 1 is 1.43 bits per heavy atom. The summed E-state index contributed by atoms with van der Waals surface area (Å²) in [6.07, 6.45) is 2.47. The van der Waals surface area contributed by atoms with E-state index in [1.807, 2.05) is 0 Å². The number of hydrogen-bond acceptors (Lipinski definition) is 6. The summed E-state index contributed by atoms with van der Waals surface area (Å²) in [7, 11) is 1.26. The van der Waals surface area contributed by atoms with Crippen molar-refractivity contribution < 1.29 is 14.3 Å². The monoisotopic (exact) mass is 287 g/mol. The second kappa shape index (κ2) is 4.89. The maximum atomic E-state index is 11.5. The highest BCUT2D eigenvalue weighted by atomic mass is 16.5. The van der Waals surface area contributed by atoms with Gasteiger partial charge in [-0.25, -0.2) is 14.5 Å². The zero-order chi connectivity index (χ0) is 15.0. The molecule has 0 fully saturated rings. The second-order valence-electron chi connectivity index (χ2n) is 4.62. The molecule has 108 valence electrons. The van der Waals surface area contributed by atoms with Crippen LogP contribution in [0.15, 0.2) is 18.5 Å². The van der Waals surface area contributed by atoms with Crippen LogP contribution in [-0.4, -0.2) is 33.8 Å². The summed E-state index contributed by atoms with van der Waals surface area (Å²) in [5.41, 5.74) is 8.72. The van der Waals surface area contributed by atoms with E-state index in [4.69, 9.17) is 5.73 Å². The molecule has 2 heterocycles. The first kappa shape index (κ1) is 13.1. The molecule has 0 radical (unpaired) electrons. The van der Waals surface area contributed by atoms with E-state index in [2.05, 4.69) is 20.1 Å². The average Bonchev–Trinajstić information content (AvgIpc) is 2.95. The lowest BCUT2D eigenvalue weighted by Crippen LogP contribution is -2.19. The van der Waals surface area contributed by atoms with Gasteiger partial charge in [0.2, 0.25) is 5.91 Å². The molecule has 0 spiro atoms. The lowest BCUT2D eigenvalue weighted by Gasteiger charge is -2.18. The van der Waals surface area contributed by atoms with Crippen molar-refractivity contribution in [1.29, 1.82) is 0 Å². The number of carbonyl (C=O) groups is 2. The summed E-state index contributed by atoms with van der Waals surface area (Å²) in [5.74, 6) is -0.718. The van der Waals surface area contributed by atoms with Gasteiger partial charge in [-0.05, 0) is 24.1 Å². The largest absolute Gasteiger partial charge is 0.463 e. The molecule has 1 aromatic heterocycles. The van der Waals surface area contributed by atoms with Crippen LogP contribution in [0.3, 0.4) is 0 Å². The van der Waals surface area contributed by atoms with Gasteiger partial charge in [0.15, 0.2) is 0 Å². The molecule has 0 atom stereocenters. The van der Waals surface area contributed by atoms with E-state index in [-0.39, 0.29) is 11.7 Å². The first-order valence-electron chi connectivity index (χ1n) is 6.31. The van der Waals surface area contributed by atoms with E-state index in [0.29, 0.717) is 29.9 Å². The number of nitrogen functional groups attached to an aromatic ring is 1. The van der Waals surface area contributed by atoms with E-state index in [1.54, 1.807) is 12.1 Å². The van der Waals surface area contributed by atoms with Gasteiger partial charge in [0.1, 0.15) is 6.33 Å². The van der Waals surface area contributed by atoms with E-state index in [9.17, 15) is 9.59 Å². The number of rotatable bonds is 2. The molecule has 0 bridgehead atoms. The number of aromatic nitrogens is 3. The molecule has 21 heavy (non-hydrogen) atoms. The van der Waals surface area contributed by atoms with Crippen molar-refractivity contribution >= 4 is 23.3 Å². The first-order chi connectivity index (χ1) is 10.1. The molecular weight excluding hydrogens is 274 g/mol. The van der Waals surface area contributed by atoms with Gasteiger partial charge in [-0.1, -0.05) is 0 Å². The third-order valence-electron chi connectivity index (χ3n) is 3.25. The fourth-order valence-electron chi connectivity index (χ4n) is 2.20. The van der Waals surface area contributed by atoms with Crippen LogP contribution in [0.1, 0.15) is 22.6 Å². The Hall–Kier alpha value is -2.90. The number of nitrogens with zero attached hydrogens (tertiary/aromatic N) is 3. The molecule has 8 heteroatoms. The summed E-state index contributed by atoms with van der Waals surface area (Å²) in [5, 5.41) is 6.81. The minimum absolute atomic E-state index is 0.0351. The van der Waals surface area contributed by atoms with Crippen molar-refractivity contribution in [2.45, 2.75) is 12.8 Å². The molecule has 1 aromatic carbocycles. The highest BCUT2D eigenvalue weighted by Crippen LogP contribution is 2.29. The Labute approximate surface area is 119 Å². The number of methoxy groups -OCH3 is 1. The molecule has 0 aliphatic carbocycles. The number of nitrogens with one attached hydrogen (secondary N) is 1. The van der Waals surface area contributed by atoms with Crippen molar-refractivity contribution in [2.24, 2.45) is 0 Å². The van der Waals surface area contributed by atoms with Gasteiger partial charge in [-0.15, -0.1) is 5.10 Å². The van der Waals surface area contributed by atoms with Crippen LogP contribution >= 0.6 is 0 Å². The number of aryl methyl sites for hydroxylation is 1. The topological polar surface area (TPSA) is 112 Å². The predicted molar refractivity (Wildman–Crippen MR) is 74.1 cm³/mol. The van der Waals surface area contributed by atoms with Crippen LogP contribution in [0, 0.1) is 0 Å². The molecule has 2 aromatic rings. The number of nitrogens with two attached hydrogens (primary N) is 1. The Morgan fingerprint density at radius 2 is 2.24 bits per heavy atom. The summed E-state index contributed by atoms with van der Waals surface area (Å²) in [6, 6.07) is 3.51. The average molecular weight is 287 g/mol. The fraction of sp³-hybridized carbons (Fsp3) is 0.231. The third-order valence-corrected chi connectivity index (χ3v) is 3.25. The summed E-state index contributed by atoms with van der Waals surface area (Å²) >= 11 is 0. The summed E-state index contributed by atoms with van der Waals surface area (Å²) in [6.45, 7) is 0. The van der Waals surface area contributed by atoms with Gasteiger partial charge in [-0.3, -0.25) is 4.79 Å². The molecule has 0 unspecified atom stereocenters. The van der Waals surface area contributed by atoms with Gasteiger partial charge in [-0.2, -0.15) is 0 Å². The molecule has 1 aliphatic heterocycles. The number of hydrogen-bond donors (Lipinski definition) is 2. The zero-order valence-corrected chi connectivity index (χ0v) is 11.3. The van der Waals surface area contributed by atoms with Crippen molar-refractivity contribution in [3.63, 3.8) is 0 Å². The highest BCUT2D eigenvalue weighted by molar-refractivity contribution is 5.95. The normalized spacial score (nSPS) is 13.5. The third kappa shape index (κ3) is 2.31. The maximum absolute atomic E-state index is 11.5. The van der Waals surface area contributed by atoms with Crippen molar-refractivity contribution in [3.05, 3.63) is 29.8 Å². The van der Waals surface area contributed by atoms with Crippen molar-refractivity contribution in [1.82, 2.24) is 14.8 Å². The van der Waals surface area contributed by atoms with E-state index < -0.39 is 5.97 Å². The lowest BCUT2D eigenvalue weighted by molar-refractivity contribution is -0.116. The standard InChI is InChI=1S/C13H13N5O3/c1-21-13(20)12-15-6-18(17-12)10-5-9-7(4-8(10)14)2-3-11(19)16-9/h4-6H,2-3,14H2,1H3,(H,16,19). The second-order valence-corrected chi connectivity index (χ2v) is 4.62. The molecule has 0 saturated carbocycles. The zero-order valence-electron chi connectivity index (χ0n) is 11.3. The quantitative estimate of drug-likeness (QED) is 0.615. The summed E-state index contributed by atoms with van der Waals surface area (Å²) < 4.78 is 5.93. The van der Waals surface area contributed by atoms with Gasteiger partial charge in [0, 0.05) is 12.1 Å². The number of anilines is 2. The van der Waals surface area contributed by atoms with Crippen LogP contribution in [0.2, 0.25) is 0 Å². The Morgan fingerprint density at radius 3 is 3.00 bits per heavy atom. The Bertz CT molecular complexity index is 737. The van der Waals surface area contributed by atoms with E-state index >= 15 is 0 Å². The molecule has 1 aliphatic rings. The molecule has 8 nitrogen and oxygen atoms in total. The minimum atomic E-state index is -0.626. The van der Waals surface area contributed by atoms with Crippen molar-refractivity contribution in [2.75, 3.05) is 18.2 Å².